The summed E-state index contributed by atoms with van der Waals surface area (Å²) in [7, 11) is 0. The third-order valence-corrected chi connectivity index (χ3v) is 2.59. The minimum Gasteiger partial charge on any atom is -0.411 e. The summed E-state index contributed by atoms with van der Waals surface area (Å²) < 4.78 is 0. The Bertz CT molecular complexity index is 175. The van der Waals surface area contributed by atoms with Gasteiger partial charge in [-0.1, -0.05) is 19.0 Å². The SMILES string of the molecule is CC1(C)/C(=N/O)CCCC1O. The van der Waals surface area contributed by atoms with Gasteiger partial charge < -0.3 is 10.3 Å². The molecule has 0 aromatic rings. The van der Waals surface area contributed by atoms with Gasteiger partial charge in [0, 0.05) is 5.41 Å². The van der Waals surface area contributed by atoms with E-state index in [1.54, 1.807) is 0 Å². The Kier molecular flexibility index (Phi) is 2.18. The van der Waals surface area contributed by atoms with Gasteiger partial charge in [-0.05, 0) is 19.3 Å². The van der Waals surface area contributed by atoms with Gasteiger partial charge >= 0.3 is 0 Å². The van der Waals surface area contributed by atoms with Crippen molar-refractivity contribution in [3.05, 3.63) is 0 Å². The van der Waals surface area contributed by atoms with E-state index in [1.807, 2.05) is 13.8 Å². The van der Waals surface area contributed by atoms with Crippen molar-refractivity contribution in [1.29, 1.82) is 0 Å². The van der Waals surface area contributed by atoms with Crippen molar-refractivity contribution in [2.24, 2.45) is 10.6 Å². The molecule has 1 unspecified atom stereocenters. The molecule has 1 aliphatic carbocycles. The van der Waals surface area contributed by atoms with E-state index in [9.17, 15) is 5.11 Å². The van der Waals surface area contributed by atoms with E-state index in [4.69, 9.17) is 5.21 Å². The second-order valence-electron chi connectivity index (χ2n) is 3.68. The minimum atomic E-state index is -0.359. The molecule has 1 saturated carbocycles. The highest BCUT2D eigenvalue weighted by Gasteiger charge is 2.36. The summed E-state index contributed by atoms with van der Waals surface area (Å²) in [4.78, 5) is 0. The third-order valence-electron chi connectivity index (χ3n) is 2.59. The number of oxime groups is 1. The molecule has 1 fully saturated rings. The summed E-state index contributed by atoms with van der Waals surface area (Å²) in [5.74, 6) is 0. The van der Waals surface area contributed by atoms with E-state index in [0.717, 1.165) is 25.0 Å². The van der Waals surface area contributed by atoms with Crippen molar-refractivity contribution >= 4 is 5.71 Å². The summed E-state index contributed by atoms with van der Waals surface area (Å²) in [6.07, 6.45) is 2.18. The predicted octanol–water partition coefficient (Wildman–Crippen LogP) is 1.39. The topological polar surface area (TPSA) is 52.8 Å². The Morgan fingerprint density at radius 2 is 2.18 bits per heavy atom. The summed E-state index contributed by atoms with van der Waals surface area (Å²) in [6.45, 7) is 3.82. The first kappa shape index (κ1) is 8.53. The Balaban J connectivity index is 2.82. The Morgan fingerprint density at radius 1 is 1.55 bits per heavy atom. The van der Waals surface area contributed by atoms with Crippen molar-refractivity contribution in [2.45, 2.75) is 39.2 Å². The highest BCUT2D eigenvalue weighted by atomic mass is 16.4. The van der Waals surface area contributed by atoms with E-state index in [1.165, 1.54) is 0 Å². The van der Waals surface area contributed by atoms with E-state index < -0.39 is 0 Å². The van der Waals surface area contributed by atoms with Crippen LogP contribution in [0.4, 0.5) is 0 Å². The van der Waals surface area contributed by atoms with Crippen LogP contribution >= 0.6 is 0 Å². The molecule has 0 radical (unpaired) electrons. The molecule has 0 heterocycles. The highest BCUT2D eigenvalue weighted by Crippen LogP contribution is 2.33. The van der Waals surface area contributed by atoms with E-state index in [-0.39, 0.29) is 11.5 Å². The molecule has 3 nitrogen and oxygen atoms in total. The standard InChI is InChI=1S/C8H15NO2/c1-8(2)6(9-11)4-3-5-7(8)10/h7,10-11H,3-5H2,1-2H3/b9-6+. The van der Waals surface area contributed by atoms with Gasteiger partial charge in [0.05, 0.1) is 11.8 Å². The molecule has 0 amide bonds. The molecular formula is C8H15NO2. The van der Waals surface area contributed by atoms with Gasteiger partial charge in [-0.3, -0.25) is 0 Å². The zero-order valence-electron chi connectivity index (χ0n) is 7.04. The second-order valence-corrected chi connectivity index (χ2v) is 3.68. The number of hydrogen-bond donors (Lipinski definition) is 2. The average molecular weight is 157 g/mol. The largest absolute Gasteiger partial charge is 0.411 e. The van der Waals surface area contributed by atoms with E-state index in [0.29, 0.717) is 0 Å². The van der Waals surface area contributed by atoms with Gasteiger partial charge in [-0.15, -0.1) is 0 Å². The molecule has 64 valence electrons. The molecular weight excluding hydrogens is 142 g/mol. The van der Waals surface area contributed by atoms with E-state index in [2.05, 4.69) is 5.16 Å². The molecule has 11 heavy (non-hydrogen) atoms. The van der Waals surface area contributed by atoms with Crippen LogP contribution in [0.15, 0.2) is 5.16 Å². The van der Waals surface area contributed by atoms with Crippen LogP contribution in [0.3, 0.4) is 0 Å². The Labute approximate surface area is 66.7 Å². The van der Waals surface area contributed by atoms with Gasteiger partial charge in [0.25, 0.3) is 0 Å². The van der Waals surface area contributed by atoms with Crippen molar-refractivity contribution in [3.8, 4) is 0 Å². The minimum absolute atomic E-state index is 0.340. The maximum atomic E-state index is 9.55. The second kappa shape index (κ2) is 2.81. The average Bonchev–Trinajstić information content (AvgIpc) is 1.95. The van der Waals surface area contributed by atoms with Crippen LogP contribution in [0.1, 0.15) is 33.1 Å². The molecule has 1 rings (SSSR count). The molecule has 1 atom stereocenters. The number of aliphatic hydroxyl groups excluding tert-OH is 1. The van der Waals surface area contributed by atoms with Gasteiger partial charge in [-0.2, -0.15) is 0 Å². The van der Waals surface area contributed by atoms with Crippen LogP contribution < -0.4 is 0 Å². The lowest BCUT2D eigenvalue weighted by molar-refractivity contribution is 0.0701. The molecule has 0 aromatic heterocycles. The van der Waals surface area contributed by atoms with Crippen molar-refractivity contribution in [2.75, 3.05) is 0 Å². The summed E-state index contributed by atoms with van der Waals surface area (Å²) in [6, 6.07) is 0. The fraction of sp³-hybridized carbons (Fsp3) is 0.875. The summed E-state index contributed by atoms with van der Waals surface area (Å²) >= 11 is 0. The van der Waals surface area contributed by atoms with Gasteiger partial charge in [0.1, 0.15) is 0 Å². The predicted molar refractivity (Wildman–Crippen MR) is 42.9 cm³/mol. The van der Waals surface area contributed by atoms with Gasteiger partial charge in [0.2, 0.25) is 0 Å². The summed E-state index contributed by atoms with van der Waals surface area (Å²) in [5.41, 5.74) is 0.378. The maximum Gasteiger partial charge on any atom is 0.0652 e. The zero-order valence-corrected chi connectivity index (χ0v) is 7.04. The first-order chi connectivity index (χ1) is 5.09. The van der Waals surface area contributed by atoms with Crippen LogP contribution in [0.2, 0.25) is 0 Å². The lowest BCUT2D eigenvalue weighted by atomic mass is 9.73. The van der Waals surface area contributed by atoms with Gasteiger partial charge in [0.15, 0.2) is 0 Å². The lowest BCUT2D eigenvalue weighted by Gasteiger charge is -2.35. The Hall–Kier alpha value is -0.570. The highest BCUT2D eigenvalue weighted by molar-refractivity contribution is 5.90. The molecule has 0 saturated heterocycles. The molecule has 2 N–H and O–H groups in total. The van der Waals surface area contributed by atoms with E-state index >= 15 is 0 Å². The van der Waals surface area contributed by atoms with Crippen LogP contribution in [0.5, 0.6) is 0 Å². The van der Waals surface area contributed by atoms with Crippen LogP contribution in [0, 0.1) is 5.41 Å². The monoisotopic (exact) mass is 157 g/mol. The number of nitrogens with zero attached hydrogens (tertiary/aromatic N) is 1. The number of aliphatic hydroxyl groups is 1. The van der Waals surface area contributed by atoms with Crippen molar-refractivity contribution in [1.82, 2.24) is 0 Å². The quantitative estimate of drug-likeness (QED) is 0.412. The van der Waals surface area contributed by atoms with Crippen LogP contribution in [-0.2, 0) is 0 Å². The Morgan fingerprint density at radius 3 is 2.64 bits per heavy atom. The van der Waals surface area contributed by atoms with Crippen LogP contribution in [0.25, 0.3) is 0 Å². The maximum absolute atomic E-state index is 9.55. The molecule has 3 heteroatoms. The van der Waals surface area contributed by atoms with Crippen molar-refractivity contribution < 1.29 is 10.3 Å². The zero-order chi connectivity index (χ0) is 8.48. The molecule has 0 bridgehead atoms. The third kappa shape index (κ3) is 1.38. The van der Waals surface area contributed by atoms with Crippen molar-refractivity contribution in [3.63, 3.8) is 0 Å². The fourth-order valence-electron chi connectivity index (χ4n) is 1.52. The molecule has 0 spiro atoms. The number of rotatable bonds is 0. The molecule has 0 aliphatic heterocycles. The van der Waals surface area contributed by atoms with Gasteiger partial charge in [-0.25, -0.2) is 0 Å². The molecule has 1 aliphatic rings. The number of hydrogen-bond acceptors (Lipinski definition) is 3. The normalized spacial score (nSPS) is 34.1. The first-order valence-electron chi connectivity index (χ1n) is 3.98. The smallest absolute Gasteiger partial charge is 0.0652 e. The lowest BCUT2D eigenvalue weighted by Crippen LogP contribution is -2.40. The first-order valence-corrected chi connectivity index (χ1v) is 3.98. The fourth-order valence-corrected chi connectivity index (χ4v) is 1.52. The summed E-state index contributed by atoms with van der Waals surface area (Å²) in [5, 5.41) is 21.4. The molecule has 0 aromatic carbocycles. The van der Waals surface area contributed by atoms with Crippen LogP contribution in [-0.4, -0.2) is 22.1 Å².